The van der Waals surface area contributed by atoms with Crippen LogP contribution in [0.15, 0.2) is 47.7 Å². The highest BCUT2D eigenvalue weighted by Gasteiger charge is 2.30. The highest BCUT2D eigenvalue weighted by Crippen LogP contribution is 2.40. The molecular weight excluding hydrogens is 440 g/mol. The Labute approximate surface area is 194 Å². The summed E-state index contributed by atoms with van der Waals surface area (Å²) in [4.78, 5) is 17.7. The van der Waals surface area contributed by atoms with Crippen molar-refractivity contribution >= 4 is 10.8 Å². The molecule has 4 aromatic rings. The average Bonchev–Trinajstić information content (AvgIpc) is 3.57. The number of fused-ring (bicyclic) bond motifs is 1. The fraction of sp³-hybridized carbons (Fsp3) is 0.360. The number of hydrogen-bond donors (Lipinski definition) is 0. The number of nitrogens with zero attached hydrogens (tertiary/aromatic N) is 5. The zero-order valence-electron chi connectivity index (χ0n) is 18.6. The standard InChI is InChI=1S/C25H23F2N5O2/c1-31-25(33)19-10-22(30-24(20(19)12-28-31)18-5-2-16(26)9-21(18)27)14-6-7-34-23(8-14)15-11-29-32(13-15)17-3-4-17/h2,5,9-14,17,23H,3-4,6-8H2,1H3/t14-,23+/m1/s1. The van der Waals surface area contributed by atoms with Gasteiger partial charge in [-0.05, 0) is 43.9 Å². The van der Waals surface area contributed by atoms with Gasteiger partial charge in [0.25, 0.3) is 5.56 Å². The summed E-state index contributed by atoms with van der Waals surface area (Å²) in [5.41, 5.74) is 1.86. The fourth-order valence-corrected chi connectivity index (χ4v) is 4.71. The summed E-state index contributed by atoms with van der Waals surface area (Å²) in [7, 11) is 1.57. The Morgan fingerprint density at radius 1 is 1.06 bits per heavy atom. The van der Waals surface area contributed by atoms with Crippen molar-refractivity contribution in [2.24, 2.45) is 7.05 Å². The predicted molar refractivity (Wildman–Crippen MR) is 121 cm³/mol. The molecule has 2 fully saturated rings. The van der Waals surface area contributed by atoms with E-state index in [1.165, 1.54) is 23.0 Å². The van der Waals surface area contributed by atoms with Crippen LogP contribution in [-0.4, -0.2) is 31.2 Å². The molecule has 174 valence electrons. The molecule has 0 spiro atoms. The van der Waals surface area contributed by atoms with Crippen LogP contribution in [0.5, 0.6) is 0 Å². The lowest BCUT2D eigenvalue weighted by molar-refractivity contribution is 0.00463. The van der Waals surface area contributed by atoms with Gasteiger partial charge >= 0.3 is 0 Å². The van der Waals surface area contributed by atoms with Gasteiger partial charge in [-0.15, -0.1) is 0 Å². The van der Waals surface area contributed by atoms with Gasteiger partial charge in [-0.25, -0.2) is 13.5 Å². The molecule has 1 aliphatic carbocycles. The van der Waals surface area contributed by atoms with E-state index in [4.69, 9.17) is 9.72 Å². The van der Waals surface area contributed by atoms with Gasteiger partial charge in [0.05, 0.1) is 35.6 Å². The van der Waals surface area contributed by atoms with Crippen LogP contribution in [0.2, 0.25) is 0 Å². The summed E-state index contributed by atoms with van der Waals surface area (Å²) in [5.74, 6) is -1.40. The predicted octanol–water partition coefficient (Wildman–Crippen LogP) is 4.44. The van der Waals surface area contributed by atoms with Crippen LogP contribution in [0, 0.1) is 11.6 Å². The molecule has 1 saturated carbocycles. The molecule has 0 N–H and O–H groups in total. The zero-order chi connectivity index (χ0) is 23.4. The van der Waals surface area contributed by atoms with Gasteiger partial charge in [0.1, 0.15) is 11.6 Å². The van der Waals surface area contributed by atoms with E-state index in [9.17, 15) is 13.6 Å². The molecule has 6 rings (SSSR count). The second kappa shape index (κ2) is 8.09. The van der Waals surface area contributed by atoms with Crippen molar-refractivity contribution in [2.45, 2.75) is 43.7 Å². The van der Waals surface area contributed by atoms with E-state index in [0.29, 0.717) is 41.2 Å². The third kappa shape index (κ3) is 3.69. The summed E-state index contributed by atoms with van der Waals surface area (Å²) in [6.07, 6.45) is 9.00. The summed E-state index contributed by atoms with van der Waals surface area (Å²) >= 11 is 0. The molecule has 0 radical (unpaired) electrons. The van der Waals surface area contributed by atoms with E-state index >= 15 is 0 Å². The third-order valence-corrected chi connectivity index (χ3v) is 6.77. The summed E-state index contributed by atoms with van der Waals surface area (Å²) in [6.45, 7) is 0.540. The maximum atomic E-state index is 14.8. The first-order chi connectivity index (χ1) is 16.5. The van der Waals surface area contributed by atoms with E-state index in [1.54, 1.807) is 13.1 Å². The van der Waals surface area contributed by atoms with Crippen molar-refractivity contribution in [3.05, 3.63) is 76.1 Å². The first kappa shape index (κ1) is 21.1. The molecule has 2 aliphatic rings. The van der Waals surface area contributed by atoms with Gasteiger partial charge in [-0.3, -0.25) is 14.5 Å². The van der Waals surface area contributed by atoms with Crippen LogP contribution in [0.3, 0.4) is 0 Å². The molecule has 1 aromatic carbocycles. The topological polar surface area (TPSA) is 74.8 Å². The van der Waals surface area contributed by atoms with Crippen LogP contribution in [0.25, 0.3) is 22.0 Å². The van der Waals surface area contributed by atoms with Crippen molar-refractivity contribution < 1.29 is 13.5 Å². The molecule has 1 aliphatic heterocycles. The third-order valence-electron chi connectivity index (χ3n) is 6.77. The lowest BCUT2D eigenvalue weighted by Crippen LogP contribution is -2.22. The van der Waals surface area contributed by atoms with Crippen LogP contribution in [0.1, 0.15) is 55.0 Å². The smallest absolute Gasteiger partial charge is 0.274 e. The minimum Gasteiger partial charge on any atom is -0.373 e. The number of hydrogen-bond acceptors (Lipinski definition) is 5. The minimum absolute atomic E-state index is 0.00700. The van der Waals surface area contributed by atoms with E-state index < -0.39 is 11.6 Å². The Morgan fingerprint density at radius 2 is 1.91 bits per heavy atom. The van der Waals surface area contributed by atoms with E-state index in [1.807, 2.05) is 10.9 Å². The highest BCUT2D eigenvalue weighted by atomic mass is 19.1. The normalized spacial score (nSPS) is 20.7. The number of benzene rings is 1. The Morgan fingerprint density at radius 3 is 2.71 bits per heavy atom. The number of pyridine rings is 1. The molecule has 1 saturated heterocycles. The Hall–Kier alpha value is -3.46. The Kier molecular flexibility index (Phi) is 5.02. The van der Waals surface area contributed by atoms with E-state index in [2.05, 4.69) is 16.4 Å². The molecule has 7 nitrogen and oxygen atoms in total. The van der Waals surface area contributed by atoms with Crippen molar-refractivity contribution in [1.29, 1.82) is 0 Å². The SMILES string of the molecule is Cn1ncc2c(-c3ccc(F)cc3F)nc([C@@H]3CCO[C@H](c4cnn(C5CC5)c4)C3)cc2c1=O. The van der Waals surface area contributed by atoms with E-state index in [-0.39, 0.29) is 23.1 Å². The van der Waals surface area contributed by atoms with Crippen LogP contribution in [-0.2, 0) is 11.8 Å². The van der Waals surface area contributed by atoms with E-state index in [0.717, 1.165) is 30.9 Å². The van der Waals surface area contributed by atoms with Gasteiger partial charge in [0.2, 0.25) is 0 Å². The van der Waals surface area contributed by atoms with Crippen molar-refractivity contribution in [2.75, 3.05) is 6.61 Å². The largest absolute Gasteiger partial charge is 0.373 e. The molecule has 3 aromatic heterocycles. The number of rotatable bonds is 4. The van der Waals surface area contributed by atoms with Crippen LogP contribution in [0.4, 0.5) is 8.78 Å². The van der Waals surface area contributed by atoms with Gasteiger partial charge < -0.3 is 4.74 Å². The second-order valence-electron chi connectivity index (χ2n) is 9.12. The van der Waals surface area contributed by atoms with Gasteiger partial charge in [-0.1, -0.05) is 0 Å². The zero-order valence-corrected chi connectivity index (χ0v) is 18.6. The maximum Gasteiger partial charge on any atom is 0.274 e. The van der Waals surface area contributed by atoms with Crippen LogP contribution < -0.4 is 5.56 Å². The molecule has 34 heavy (non-hydrogen) atoms. The fourth-order valence-electron chi connectivity index (χ4n) is 4.71. The lowest BCUT2D eigenvalue weighted by atomic mass is 9.89. The Balaban J connectivity index is 1.43. The van der Waals surface area contributed by atoms with Crippen molar-refractivity contribution in [3.63, 3.8) is 0 Å². The summed E-state index contributed by atoms with van der Waals surface area (Å²) in [6, 6.07) is 5.65. The quantitative estimate of drug-likeness (QED) is 0.447. The lowest BCUT2D eigenvalue weighted by Gasteiger charge is -2.29. The van der Waals surface area contributed by atoms with Crippen molar-refractivity contribution in [3.8, 4) is 11.3 Å². The Bertz CT molecular complexity index is 1460. The average molecular weight is 463 g/mol. The van der Waals surface area contributed by atoms with Gasteiger partial charge in [0, 0.05) is 54.0 Å². The molecule has 4 heterocycles. The van der Waals surface area contributed by atoms with Gasteiger partial charge in [-0.2, -0.15) is 10.2 Å². The van der Waals surface area contributed by atoms with Crippen LogP contribution >= 0.6 is 0 Å². The first-order valence-corrected chi connectivity index (χ1v) is 11.5. The molecule has 0 amide bonds. The highest BCUT2D eigenvalue weighted by molar-refractivity contribution is 5.94. The molecule has 2 atom stereocenters. The first-order valence-electron chi connectivity index (χ1n) is 11.5. The minimum atomic E-state index is -0.732. The van der Waals surface area contributed by atoms with Gasteiger partial charge in [0.15, 0.2) is 0 Å². The second-order valence-corrected chi connectivity index (χ2v) is 9.12. The maximum absolute atomic E-state index is 14.8. The molecular formula is C25H23F2N5O2. The summed E-state index contributed by atoms with van der Waals surface area (Å²) < 4.78 is 37.6. The summed E-state index contributed by atoms with van der Waals surface area (Å²) in [5, 5.41) is 9.42. The molecule has 0 bridgehead atoms. The number of aromatic nitrogens is 5. The monoisotopic (exact) mass is 463 g/mol. The number of ether oxygens (including phenoxy) is 1. The number of aryl methyl sites for hydroxylation is 1. The molecule has 9 heteroatoms. The van der Waals surface area contributed by atoms with Crippen molar-refractivity contribution in [1.82, 2.24) is 24.5 Å². The number of halogens is 2. The molecule has 0 unspecified atom stereocenters.